The number of hydrogen-bond acceptors (Lipinski definition) is 5. The molecule has 1 rings (SSSR count). The van der Waals surface area contributed by atoms with Gasteiger partial charge < -0.3 is 10.8 Å². The summed E-state index contributed by atoms with van der Waals surface area (Å²) < 4.78 is 25.3. The highest BCUT2D eigenvalue weighted by atomic mass is 32.2. The van der Waals surface area contributed by atoms with Gasteiger partial charge in [0.05, 0.1) is 11.5 Å². The second-order valence-corrected chi connectivity index (χ2v) is 6.00. The van der Waals surface area contributed by atoms with Gasteiger partial charge in [-0.2, -0.15) is 0 Å². The van der Waals surface area contributed by atoms with Crippen molar-refractivity contribution in [3.63, 3.8) is 0 Å². The lowest BCUT2D eigenvalue weighted by atomic mass is 10.3. The highest BCUT2D eigenvalue weighted by molar-refractivity contribution is 7.99. The number of nitrogens with one attached hydrogen (secondary N) is 1. The molecule has 0 amide bonds. The molecule has 0 aliphatic carbocycles. The summed E-state index contributed by atoms with van der Waals surface area (Å²) in [6.07, 6.45) is 0. The van der Waals surface area contributed by atoms with Gasteiger partial charge >= 0.3 is 0 Å². The second kappa shape index (κ2) is 5.53. The molecule has 0 fully saturated rings. The molecule has 16 heavy (non-hydrogen) atoms. The molecule has 0 aliphatic heterocycles. The van der Waals surface area contributed by atoms with Crippen molar-refractivity contribution in [2.75, 3.05) is 25.1 Å². The summed E-state index contributed by atoms with van der Waals surface area (Å²) in [5.41, 5.74) is 6.21. The number of aliphatic hydroxyl groups excluding tert-OH is 1. The molecule has 0 radical (unpaired) electrons. The Labute approximate surface area is 99.1 Å². The Kier molecular flexibility index (Phi) is 4.60. The third-order valence-electron chi connectivity index (χ3n) is 1.91. The number of anilines is 1. The van der Waals surface area contributed by atoms with Crippen molar-refractivity contribution < 1.29 is 13.5 Å². The third kappa shape index (κ3) is 3.11. The fourth-order valence-electron chi connectivity index (χ4n) is 1.08. The molecular formula is C9H14N2O3S2. The van der Waals surface area contributed by atoms with E-state index in [-0.39, 0.29) is 11.5 Å². The minimum Gasteiger partial charge on any atom is -0.398 e. The number of rotatable bonds is 5. The van der Waals surface area contributed by atoms with E-state index in [9.17, 15) is 8.42 Å². The Morgan fingerprint density at radius 2 is 2.19 bits per heavy atom. The van der Waals surface area contributed by atoms with Gasteiger partial charge in [-0.05, 0) is 25.2 Å². The molecule has 0 saturated carbocycles. The second-order valence-electron chi connectivity index (χ2n) is 2.98. The lowest BCUT2D eigenvalue weighted by Crippen LogP contribution is -2.18. The van der Waals surface area contributed by atoms with Crippen molar-refractivity contribution in [1.82, 2.24) is 4.72 Å². The van der Waals surface area contributed by atoms with E-state index < -0.39 is 10.0 Å². The average Bonchev–Trinajstić information content (AvgIpc) is 2.27. The zero-order valence-corrected chi connectivity index (χ0v) is 10.4. The lowest BCUT2D eigenvalue weighted by Gasteiger charge is -2.07. The summed E-state index contributed by atoms with van der Waals surface area (Å²) >= 11 is 1.32. The van der Waals surface area contributed by atoms with Crippen LogP contribution in [0, 0.1) is 0 Å². The molecule has 0 bridgehead atoms. The van der Waals surface area contributed by atoms with Crippen molar-refractivity contribution in [3.8, 4) is 0 Å². The van der Waals surface area contributed by atoms with E-state index >= 15 is 0 Å². The lowest BCUT2D eigenvalue weighted by molar-refractivity contribution is 0.322. The number of nitrogens with two attached hydrogens (primary N) is 1. The number of benzene rings is 1. The number of hydrogen-bond donors (Lipinski definition) is 3. The van der Waals surface area contributed by atoms with Crippen LogP contribution >= 0.6 is 11.8 Å². The summed E-state index contributed by atoms with van der Waals surface area (Å²) in [7, 11) is -2.09. The van der Waals surface area contributed by atoms with E-state index in [2.05, 4.69) is 4.72 Å². The maximum atomic E-state index is 11.5. The van der Waals surface area contributed by atoms with Gasteiger partial charge in [-0.25, -0.2) is 13.1 Å². The molecule has 0 spiro atoms. The van der Waals surface area contributed by atoms with Crippen molar-refractivity contribution in [1.29, 1.82) is 0 Å². The first kappa shape index (κ1) is 13.3. The molecule has 0 aromatic heterocycles. The van der Waals surface area contributed by atoms with Crippen molar-refractivity contribution in [3.05, 3.63) is 18.2 Å². The van der Waals surface area contributed by atoms with Gasteiger partial charge in [-0.15, -0.1) is 11.8 Å². The predicted molar refractivity (Wildman–Crippen MR) is 64.9 cm³/mol. The summed E-state index contributed by atoms with van der Waals surface area (Å²) in [5, 5.41) is 8.70. The third-order valence-corrected chi connectivity index (χ3v) is 4.38. The highest BCUT2D eigenvalue weighted by Gasteiger charge is 2.13. The van der Waals surface area contributed by atoms with Gasteiger partial charge in [0.15, 0.2) is 0 Å². The minimum absolute atomic E-state index is 0.0209. The summed E-state index contributed by atoms with van der Waals surface area (Å²) in [6.45, 7) is 0.0209. The van der Waals surface area contributed by atoms with Crippen LogP contribution in [0.3, 0.4) is 0 Å². The molecule has 4 N–H and O–H groups in total. The van der Waals surface area contributed by atoms with Gasteiger partial charge in [-0.1, -0.05) is 0 Å². The van der Waals surface area contributed by atoms with Gasteiger partial charge in [-0.3, -0.25) is 0 Å². The molecule has 0 saturated heterocycles. The SMILES string of the molecule is CNS(=O)(=O)c1ccc(N)c(SCCO)c1. The standard InChI is InChI=1S/C9H14N2O3S2/c1-11-16(13,14)7-2-3-8(10)9(6-7)15-5-4-12/h2-3,6,11-12H,4-5,10H2,1H3. The van der Waals surface area contributed by atoms with Crippen LogP contribution in [0.1, 0.15) is 0 Å². The van der Waals surface area contributed by atoms with E-state index in [1.807, 2.05) is 0 Å². The van der Waals surface area contributed by atoms with Gasteiger partial charge in [0, 0.05) is 16.3 Å². The molecule has 0 atom stereocenters. The number of aliphatic hydroxyl groups is 1. The van der Waals surface area contributed by atoms with E-state index in [1.165, 1.54) is 30.9 Å². The first-order valence-electron chi connectivity index (χ1n) is 4.58. The van der Waals surface area contributed by atoms with E-state index in [0.29, 0.717) is 16.3 Å². The average molecular weight is 262 g/mol. The Morgan fingerprint density at radius 1 is 1.50 bits per heavy atom. The van der Waals surface area contributed by atoms with Crippen LogP contribution < -0.4 is 10.5 Å². The van der Waals surface area contributed by atoms with Crippen LogP contribution in [-0.2, 0) is 10.0 Å². The summed E-state index contributed by atoms with van der Waals surface area (Å²) in [5.74, 6) is 0.479. The molecule has 90 valence electrons. The quantitative estimate of drug-likeness (QED) is 0.523. The van der Waals surface area contributed by atoms with E-state index in [0.717, 1.165) is 0 Å². The normalized spacial score (nSPS) is 11.6. The topological polar surface area (TPSA) is 92.4 Å². The molecule has 1 aromatic rings. The Bertz CT molecular complexity index is 460. The van der Waals surface area contributed by atoms with Gasteiger partial charge in [0.1, 0.15) is 0 Å². The fourth-order valence-corrected chi connectivity index (χ4v) is 2.67. The van der Waals surface area contributed by atoms with Crippen molar-refractivity contribution >= 4 is 27.5 Å². The van der Waals surface area contributed by atoms with Crippen LogP contribution in [0.5, 0.6) is 0 Å². The van der Waals surface area contributed by atoms with Crippen LogP contribution in [0.25, 0.3) is 0 Å². The van der Waals surface area contributed by atoms with Crippen LogP contribution in [0.4, 0.5) is 5.69 Å². The van der Waals surface area contributed by atoms with Crippen LogP contribution in [-0.4, -0.2) is 32.9 Å². The Balaban J connectivity index is 3.07. The summed E-state index contributed by atoms with van der Waals surface area (Å²) in [6, 6.07) is 4.50. The monoisotopic (exact) mass is 262 g/mol. The molecule has 0 heterocycles. The van der Waals surface area contributed by atoms with Crippen molar-refractivity contribution in [2.45, 2.75) is 9.79 Å². The van der Waals surface area contributed by atoms with Crippen molar-refractivity contribution in [2.24, 2.45) is 0 Å². The first-order valence-corrected chi connectivity index (χ1v) is 7.05. The van der Waals surface area contributed by atoms with Gasteiger partial charge in [0.2, 0.25) is 10.0 Å². The Morgan fingerprint density at radius 3 is 2.75 bits per heavy atom. The smallest absolute Gasteiger partial charge is 0.240 e. The minimum atomic E-state index is -3.44. The zero-order valence-electron chi connectivity index (χ0n) is 8.80. The highest BCUT2D eigenvalue weighted by Crippen LogP contribution is 2.27. The van der Waals surface area contributed by atoms with E-state index in [4.69, 9.17) is 10.8 Å². The molecular weight excluding hydrogens is 248 g/mol. The molecule has 1 aromatic carbocycles. The largest absolute Gasteiger partial charge is 0.398 e. The predicted octanol–water partition coefficient (Wildman–Crippen LogP) is 0.261. The maximum absolute atomic E-state index is 11.5. The summed E-state index contributed by atoms with van der Waals surface area (Å²) in [4.78, 5) is 0.829. The first-order chi connectivity index (χ1) is 7.51. The number of nitrogen functional groups attached to an aromatic ring is 1. The molecule has 5 nitrogen and oxygen atoms in total. The van der Waals surface area contributed by atoms with E-state index in [1.54, 1.807) is 6.07 Å². The fraction of sp³-hybridized carbons (Fsp3) is 0.333. The van der Waals surface area contributed by atoms with Crippen LogP contribution in [0.2, 0.25) is 0 Å². The zero-order chi connectivity index (χ0) is 12.2. The number of thioether (sulfide) groups is 1. The maximum Gasteiger partial charge on any atom is 0.240 e. The molecule has 7 heteroatoms. The van der Waals surface area contributed by atoms with Gasteiger partial charge in [0.25, 0.3) is 0 Å². The van der Waals surface area contributed by atoms with Crippen LogP contribution in [0.15, 0.2) is 28.0 Å². The molecule has 0 aliphatic rings. The molecule has 0 unspecified atom stereocenters. The Hall–Kier alpha value is -0.760. The number of sulfonamides is 1.